The monoisotopic (exact) mass is 268 g/mol. The summed E-state index contributed by atoms with van der Waals surface area (Å²) in [4.78, 5) is 21.2. The highest BCUT2D eigenvalue weighted by atomic mass is 16.6. The number of furan rings is 1. The number of carbonyl (C=O) groups excluding carboxylic acids is 1. The van der Waals surface area contributed by atoms with Gasteiger partial charge in [-0.25, -0.2) is 5.43 Å². The molecule has 1 heterocycles. The molecule has 0 radical (unpaired) electrons. The zero-order chi connectivity index (χ0) is 14.4. The number of rotatable bonds is 6. The fourth-order valence-electron chi connectivity index (χ4n) is 1.37. The van der Waals surface area contributed by atoms with E-state index in [1.54, 1.807) is 0 Å². The second-order valence-electron chi connectivity index (χ2n) is 4.40. The fraction of sp³-hybridized carbons (Fsp3) is 0.455. The summed E-state index contributed by atoms with van der Waals surface area (Å²) in [5.74, 6) is -0.322. The van der Waals surface area contributed by atoms with Crippen LogP contribution < -0.4 is 11.2 Å². The van der Waals surface area contributed by atoms with Gasteiger partial charge in [0.2, 0.25) is 0 Å². The molecule has 0 aliphatic heterocycles. The van der Waals surface area contributed by atoms with E-state index in [0.717, 1.165) is 0 Å². The molecule has 0 unspecified atom stereocenters. The molecule has 0 saturated heterocycles. The van der Waals surface area contributed by atoms with Gasteiger partial charge in [-0.05, 0) is 18.4 Å². The molecule has 0 spiro atoms. The zero-order valence-electron chi connectivity index (χ0n) is 10.7. The van der Waals surface area contributed by atoms with Crippen LogP contribution in [0.5, 0.6) is 0 Å². The molecule has 1 atom stereocenters. The van der Waals surface area contributed by atoms with Crippen molar-refractivity contribution in [2.45, 2.75) is 26.3 Å². The molecule has 1 aromatic rings. The maximum absolute atomic E-state index is 11.5. The lowest BCUT2D eigenvalue weighted by molar-refractivity contribution is -0.402. The Hall–Kier alpha value is -2.22. The van der Waals surface area contributed by atoms with Gasteiger partial charge < -0.3 is 10.2 Å². The van der Waals surface area contributed by atoms with Crippen molar-refractivity contribution in [3.8, 4) is 0 Å². The normalized spacial score (nSPS) is 12.8. The lowest BCUT2D eigenvalue weighted by atomic mass is 10.0. The van der Waals surface area contributed by atoms with Gasteiger partial charge in [0.15, 0.2) is 5.76 Å². The highest BCUT2D eigenvalue weighted by Gasteiger charge is 2.14. The molecule has 0 aromatic carbocycles. The number of hydrogen-bond acceptors (Lipinski definition) is 6. The summed E-state index contributed by atoms with van der Waals surface area (Å²) < 4.78 is 4.82. The Labute approximate surface area is 109 Å². The van der Waals surface area contributed by atoms with Gasteiger partial charge in [-0.3, -0.25) is 14.9 Å². The Kier molecular flexibility index (Phi) is 5.19. The number of hydrogen-bond donors (Lipinski definition) is 2. The van der Waals surface area contributed by atoms with E-state index in [1.807, 2.05) is 13.8 Å². The smallest absolute Gasteiger partial charge is 0.400 e. The third-order valence-electron chi connectivity index (χ3n) is 2.22. The van der Waals surface area contributed by atoms with Gasteiger partial charge in [0.05, 0.1) is 18.3 Å². The summed E-state index contributed by atoms with van der Waals surface area (Å²) in [6.45, 7) is 3.91. The molecule has 3 N–H and O–H groups in total. The van der Waals surface area contributed by atoms with E-state index in [0.29, 0.717) is 12.3 Å². The van der Waals surface area contributed by atoms with Crippen LogP contribution in [0, 0.1) is 16.0 Å². The molecule has 104 valence electrons. The van der Waals surface area contributed by atoms with Crippen molar-refractivity contribution < 1.29 is 14.1 Å². The summed E-state index contributed by atoms with van der Waals surface area (Å²) in [7, 11) is 0. The van der Waals surface area contributed by atoms with Crippen LogP contribution >= 0.6 is 0 Å². The average Bonchev–Trinajstić information content (AvgIpc) is 2.76. The van der Waals surface area contributed by atoms with Crippen LogP contribution in [0.4, 0.5) is 5.88 Å². The minimum atomic E-state index is -0.658. The summed E-state index contributed by atoms with van der Waals surface area (Å²) in [5, 5.41) is 14.0. The highest BCUT2D eigenvalue weighted by molar-refractivity contribution is 5.83. The lowest BCUT2D eigenvalue weighted by Gasteiger charge is -2.11. The molecule has 1 amide bonds. The number of nitro groups is 1. The van der Waals surface area contributed by atoms with Crippen molar-refractivity contribution in [2.24, 2.45) is 16.8 Å². The first-order valence-electron chi connectivity index (χ1n) is 5.73. The number of nitrogens with two attached hydrogens (primary N) is 1. The van der Waals surface area contributed by atoms with E-state index < -0.39 is 16.9 Å². The molecular weight excluding hydrogens is 252 g/mol. The van der Waals surface area contributed by atoms with Gasteiger partial charge >= 0.3 is 5.88 Å². The van der Waals surface area contributed by atoms with E-state index in [-0.39, 0.29) is 11.6 Å². The number of nitrogens with one attached hydrogen (secondary N) is 1. The highest BCUT2D eigenvalue weighted by Crippen LogP contribution is 2.13. The Bertz CT molecular complexity index is 481. The van der Waals surface area contributed by atoms with Crippen LogP contribution in [0.15, 0.2) is 21.7 Å². The topological polar surface area (TPSA) is 124 Å². The second kappa shape index (κ2) is 6.64. The van der Waals surface area contributed by atoms with Crippen LogP contribution in [-0.2, 0) is 4.79 Å². The maximum atomic E-state index is 11.5. The van der Waals surface area contributed by atoms with E-state index in [4.69, 9.17) is 10.2 Å². The van der Waals surface area contributed by atoms with Gasteiger partial charge in [0.1, 0.15) is 4.92 Å². The molecule has 1 rings (SSSR count). The molecule has 8 heteroatoms. The SMILES string of the molecule is CC(C)C[C@H](N)C(=O)N/N=C/c1ccc([N+](=O)[O-])o1. The van der Waals surface area contributed by atoms with E-state index in [2.05, 4.69) is 10.5 Å². The van der Waals surface area contributed by atoms with E-state index in [1.165, 1.54) is 18.3 Å². The summed E-state index contributed by atoms with van der Waals surface area (Å²) in [5.41, 5.74) is 7.89. The zero-order valence-corrected chi connectivity index (χ0v) is 10.7. The predicted molar refractivity (Wildman–Crippen MR) is 68.5 cm³/mol. The number of nitrogens with zero attached hydrogens (tertiary/aromatic N) is 2. The molecule has 19 heavy (non-hydrogen) atoms. The van der Waals surface area contributed by atoms with Crippen molar-refractivity contribution in [3.05, 3.63) is 28.0 Å². The maximum Gasteiger partial charge on any atom is 0.433 e. The summed E-state index contributed by atoms with van der Waals surface area (Å²) >= 11 is 0. The third kappa shape index (κ3) is 4.88. The van der Waals surface area contributed by atoms with Crippen LogP contribution in [0.3, 0.4) is 0 Å². The van der Waals surface area contributed by atoms with Crippen molar-refractivity contribution in [1.82, 2.24) is 5.43 Å². The van der Waals surface area contributed by atoms with E-state index in [9.17, 15) is 14.9 Å². The summed E-state index contributed by atoms with van der Waals surface area (Å²) in [6, 6.07) is 1.94. The van der Waals surface area contributed by atoms with Crippen molar-refractivity contribution in [3.63, 3.8) is 0 Å². The quantitative estimate of drug-likeness (QED) is 0.452. The lowest BCUT2D eigenvalue weighted by Crippen LogP contribution is -2.39. The molecule has 0 bridgehead atoms. The Morgan fingerprint density at radius 1 is 1.63 bits per heavy atom. The van der Waals surface area contributed by atoms with Crippen LogP contribution in [0.25, 0.3) is 0 Å². The van der Waals surface area contributed by atoms with Gasteiger partial charge in [0.25, 0.3) is 5.91 Å². The molecular formula is C11H16N4O4. The number of hydrazone groups is 1. The van der Waals surface area contributed by atoms with Gasteiger partial charge in [0, 0.05) is 0 Å². The molecule has 1 aromatic heterocycles. The van der Waals surface area contributed by atoms with Crippen LogP contribution in [-0.4, -0.2) is 23.1 Å². The molecule has 0 fully saturated rings. The van der Waals surface area contributed by atoms with Gasteiger partial charge in [-0.15, -0.1) is 0 Å². The average molecular weight is 268 g/mol. The molecule has 0 aliphatic carbocycles. The first-order valence-corrected chi connectivity index (χ1v) is 5.73. The first-order chi connectivity index (χ1) is 8.90. The van der Waals surface area contributed by atoms with Crippen molar-refractivity contribution >= 4 is 18.0 Å². The number of carbonyl (C=O) groups is 1. The Morgan fingerprint density at radius 3 is 2.84 bits per heavy atom. The minimum absolute atomic E-state index is 0.171. The number of amides is 1. The Balaban J connectivity index is 2.48. The Morgan fingerprint density at radius 2 is 2.32 bits per heavy atom. The second-order valence-corrected chi connectivity index (χ2v) is 4.40. The largest absolute Gasteiger partial charge is 0.433 e. The van der Waals surface area contributed by atoms with Gasteiger partial charge in [-0.1, -0.05) is 13.8 Å². The van der Waals surface area contributed by atoms with Crippen molar-refractivity contribution in [1.29, 1.82) is 0 Å². The first kappa shape index (κ1) is 14.8. The van der Waals surface area contributed by atoms with E-state index >= 15 is 0 Å². The standard InChI is InChI=1S/C11H16N4O4/c1-7(2)5-9(12)11(16)14-13-6-8-3-4-10(19-8)15(17)18/h3-4,6-7,9H,5,12H2,1-2H3,(H,14,16)/b13-6+/t9-/m0/s1. The fourth-order valence-corrected chi connectivity index (χ4v) is 1.37. The molecule has 0 aliphatic rings. The van der Waals surface area contributed by atoms with Gasteiger partial charge in [-0.2, -0.15) is 5.10 Å². The predicted octanol–water partition coefficient (Wildman–Crippen LogP) is 1.01. The third-order valence-corrected chi connectivity index (χ3v) is 2.22. The van der Waals surface area contributed by atoms with Crippen molar-refractivity contribution in [2.75, 3.05) is 0 Å². The van der Waals surface area contributed by atoms with Crippen LogP contribution in [0.2, 0.25) is 0 Å². The van der Waals surface area contributed by atoms with Crippen LogP contribution in [0.1, 0.15) is 26.0 Å². The minimum Gasteiger partial charge on any atom is -0.400 e. The summed E-state index contributed by atoms with van der Waals surface area (Å²) in [6.07, 6.45) is 1.72. The molecule has 0 saturated carbocycles. The molecule has 8 nitrogen and oxygen atoms in total.